The number of Topliss-reactive ketones (excluding diaryl/α,β-unsaturated/α-hetero) is 1. The highest BCUT2D eigenvalue weighted by Gasteiger charge is 2.28. The summed E-state index contributed by atoms with van der Waals surface area (Å²) in [6, 6.07) is 12.3. The topological polar surface area (TPSA) is 61.8 Å². The Morgan fingerprint density at radius 2 is 1.89 bits per heavy atom. The molecule has 144 valence electrons. The molecule has 0 amide bonds. The number of para-hydroxylation sites is 1. The maximum Gasteiger partial charge on any atom is 0.314 e. The number of fused-ring (bicyclic) bond motifs is 1. The number of allylic oxidation sites excluding steroid dienone is 1. The summed E-state index contributed by atoms with van der Waals surface area (Å²) in [7, 11) is 1.56. The largest absolute Gasteiger partial charge is 0.497 e. The summed E-state index contributed by atoms with van der Waals surface area (Å²) in [5, 5.41) is 0. The van der Waals surface area contributed by atoms with Crippen LogP contribution in [0.3, 0.4) is 0 Å². The molecule has 0 N–H and O–H groups in total. The van der Waals surface area contributed by atoms with Gasteiger partial charge in [0.05, 0.1) is 18.6 Å². The molecule has 0 radical (unpaired) electrons. The van der Waals surface area contributed by atoms with Crippen LogP contribution < -0.4 is 14.2 Å². The van der Waals surface area contributed by atoms with E-state index in [1.807, 2.05) is 12.1 Å². The van der Waals surface area contributed by atoms with Crippen molar-refractivity contribution >= 4 is 17.8 Å². The molecule has 1 saturated carbocycles. The predicted molar refractivity (Wildman–Crippen MR) is 105 cm³/mol. The first kappa shape index (κ1) is 18.3. The summed E-state index contributed by atoms with van der Waals surface area (Å²) in [5.41, 5.74) is 1.12. The molecule has 1 aliphatic heterocycles. The first-order chi connectivity index (χ1) is 13.7. The number of hydrogen-bond donors (Lipinski definition) is 0. The maximum absolute atomic E-state index is 12.6. The molecule has 1 aliphatic carbocycles. The summed E-state index contributed by atoms with van der Waals surface area (Å²) in [6.07, 6.45) is 6.68. The van der Waals surface area contributed by atoms with Crippen molar-refractivity contribution in [2.24, 2.45) is 5.92 Å². The third-order valence-electron chi connectivity index (χ3n) is 5.23. The van der Waals surface area contributed by atoms with E-state index in [-0.39, 0.29) is 23.4 Å². The van der Waals surface area contributed by atoms with Crippen LogP contribution in [0.2, 0.25) is 0 Å². The van der Waals surface area contributed by atoms with Crippen LogP contribution in [0.25, 0.3) is 6.08 Å². The van der Waals surface area contributed by atoms with Crippen molar-refractivity contribution in [1.82, 2.24) is 0 Å². The van der Waals surface area contributed by atoms with Crippen molar-refractivity contribution in [2.45, 2.75) is 32.1 Å². The third-order valence-corrected chi connectivity index (χ3v) is 5.23. The standard InChI is InChI=1S/C23H22O5/c1-26-17-11-12-18-20(14-17)27-21(22(18)24)13-16-9-5-6-10-19(16)28-23(25)15-7-3-2-4-8-15/h5-6,9-15H,2-4,7-8H2,1H3/b21-13-. The summed E-state index contributed by atoms with van der Waals surface area (Å²) >= 11 is 0. The lowest BCUT2D eigenvalue weighted by molar-refractivity contribution is -0.140. The van der Waals surface area contributed by atoms with Crippen LogP contribution in [0.1, 0.15) is 48.0 Å². The Labute approximate surface area is 163 Å². The molecule has 5 heteroatoms. The van der Waals surface area contributed by atoms with Gasteiger partial charge in [-0.1, -0.05) is 37.5 Å². The van der Waals surface area contributed by atoms with E-state index in [0.29, 0.717) is 28.4 Å². The van der Waals surface area contributed by atoms with Gasteiger partial charge in [0.15, 0.2) is 5.76 Å². The van der Waals surface area contributed by atoms with Crippen molar-refractivity contribution in [2.75, 3.05) is 7.11 Å². The number of esters is 1. The van der Waals surface area contributed by atoms with E-state index >= 15 is 0 Å². The molecule has 28 heavy (non-hydrogen) atoms. The zero-order valence-corrected chi connectivity index (χ0v) is 15.8. The van der Waals surface area contributed by atoms with Gasteiger partial charge in [-0.3, -0.25) is 9.59 Å². The Kier molecular flexibility index (Phi) is 5.15. The fraction of sp³-hybridized carbons (Fsp3) is 0.304. The average molecular weight is 378 g/mol. The summed E-state index contributed by atoms with van der Waals surface area (Å²) in [4.78, 5) is 25.2. The molecular formula is C23H22O5. The van der Waals surface area contributed by atoms with Gasteiger partial charge in [0.1, 0.15) is 17.2 Å². The number of methoxy groups -OCH3 is 1. The van der Waals surface area contributed by atoms with Crippen LogP contribution in [0.5, 0.6) is 17.2 Å². The molecule has 1 heterocycles. The Morgan fingerprint density at radius 3 is 2.68 bits per heavy atom. The number of carbonyl (C=O) groups is 2. The lowest BCUT2D eigenvalue weighted by Crippen LogP contribution is -2.23. The van der Waals surface area contributed by atoms with Crippen LogP contribution in [0.15, 0.2) is 48.2 Å². The van der Waals surface area contributed by atoms with Crippen LogP contribution in [0.4, 0.5) is 0 Å². The van der Waals surface area contributed by atoms with E-state index < -0.39 is 0 Å². The number of ether oxygens (including phenoxy) is 3. The molecule has 0 unspecified atom stereocenters. The number of hydrogen-bond acceptors (Lipinski definition) is 5. The van der Waals surface area contributed by atoms with Gasteiger partial charge < -0.3 is 14.2 Å². The van der Waals surface area contributed by atoms with E-state index in [1.165, 1.54) is 6.42 Å². The third kappa shape index (κ3) is 3.65. The molecular weight excluding hydrogens is 356 g/mol. The Bertz CT molecular complexity index is 938. The van der Waals surface area contributed by atoms with Crippen molar-refractivity contribution < 1.29 is 23.8 Å². The number of carbonyl (C=O) groups excluding carboxylic acids is 2. The lowest BCUT2D eigenvalue weighted by Gasteiger charge is -2.20. The minimum atomic E-state index is -0.203. The van der Waals surface area contributed by atoms with Crippen molar-refractivity contribution in [3.05, 3.63) is 59.4 Å². The molecule has 0 bridgehead atoms. The van der Waals surface area contributed by atoms with E-state index in [4.69, 9.17) is 14.2 Å². The smallest absolute Gasteiger partial charge is 0.314 e. The van der Waals surface area contributed by atoms with E-state index in [9.17, 15) is 9.59 Å². The quantitative estimate of drug-likeness (QED) is 0.435. The minimum absolute atomic E-state index is 0.0458. The first-order valence-electron chi connectivity index (χ1n) is 9.59. The van der Waals surface area contributed by atoms with Crippen molar-refractivity contribution in [3.63, 3.8) is 0 Å². The van der Waals surface area contributed by atoms with Gasteiger partial charge in [-0.25, -0.2) is 0 Å². The van der Waals surface area contributed by atoms with Gasteiger partial charge in [-0.2, -0.15) is 0 Å². The molecule has 0 atom stereocenters. The number of ketones is 1. The van der Waals surface area contributed by atoms with Crippen LogP contribution in [-0.2, 0) is 4.79 Å². The predicted octanol–water partition coefficient (Wildman–Crippen LogP) is 4.80. The fourth-order valence-corrected chi connectivity index (χ4v) is 3.66. The lowest BCUT2D eigenvalue weighted by atomic mass is 9.89. The molecule has 2 aliphatic rings. The fourth-order valence-electron chi connectivity index (χ4n) is 3.66. The van der Waals surface area contributed by atoms with Crippen molar-refractivity contribution in [1.29, 1.82) is 0 Å². The molecule has 2 aromatic carbocycles. The van der Waals surface area contributed by atoms with E-state index in [0.717, 1.165) is 25.7 Å². The maximum atomic E-state index is 12.6. The highest BCUT2D eigenvalue weighted by Crippen LogP contribution is 2.36. The summed E-state index contributed by atoms with van der Waals surface area (Å²) in [5.74, 6) is 1.28. The molecule has 2 aromatic rings. The second-order valence-corrected chi connectivity index (χ2v) is 7.10. The second kappa shape index (κ2) is 7.89. The highest BCUT2D eigenvalue weighted by molar-refractivity contribution is 6.14. The number of rotatable bonds is 4. The molecule has 5 nitrogen and oxygen atoms in total. The monoisotopic (exact) mass is 378 g/mol. The zero-order chi connectivity index (χ0) is 19.5. The van der Waals surface area contributed by atoms with Gasteiger partial charge in [0.2, 0.25) is 5.78 Å². The second-order valence-electron chi connectivity index (χ2n) is 7.10. The van der Waals surface area contributed by atoms with Gasteiger partial charge >= 0.3 is 5.97 Å². The summed E-state index contributed by atoms with van der Waals surface area (Å²) < 4.78 is 16.6. The Hall–Kier alpha value is -3.08. The minimum Gasteiger partial charge on any atom is -0.497 e. The van der Waals surface area contributed by atoms with E-state index in [1.54, 1.807) is 43.5 Å². The molecule has 0 saturated heterocycles. The van der Waals surface area contributed by atoms with Gasteiger partial charge in [0.25, 0.3) is 0 Å². The average Bonchev–Trinajstić information content (AvgIpc) is 3.04. The molecule has 0 aromatic heterocycles. The normalized spacial score (nSPS) is 17.9. The van der Waals surface area contributed by atoms with Gasteiger partial charge in [0, 0.05) is 11.6 Å². The molecule has 4 rings (SSSR count). The van der Waals surface area contributed by atoms with Crippen LogP contribution in [0, 0.1) is 5.92 Å². The molecule has 0 spiro atoms. The highest BCUT2D eigenvalue weighted by atomic mass is 16.5. The summed E-state index contributed by atoms with van der Waals surface area (Å²) in [6.45, 7) is 0. The van der Waals surface area contributed by atoms with Crippen molar-refractivity contribution in [3.8, 4) is 17.2 Å². The van der Waals surface area contributed by atoms with E-state index in [2.05, 4.69) is 0 Å². The number of benzene rings is 2. The Balaban J connectivity index is 1.57. The van der Waals surface area contributed by atoms with Gasteiger partial charge in [-0.15, -0.1) is 0 Å². The van der Waals surface area contributed by atoms with Gasteiger partial charge in [-0.05, 0) is 37.1 Å². The first-order valence-corrected chi connectivity index (χ1v) is 9.59. The van der Waals surface area contributed by atoms with Crippen LogP contribution in [-0.4, -0.2) is 18.9 Å². The zero-order valence-electron chi connectivity index (χ0n) is 15.8. The van der Waals surface area contributed by atoms with Crippen LogP contribution >= 0.6 is 0 Å². The Morgan fingerprint density at radius 1 is 1.11 bits per heavy atom. The molecule has 1 fully saturated rings. The SMILES string of the molecule is COc1ccc2c(c1)O/C(=C\c1ccccc1OC(=O)C1CCCCC1)C2=O.